The third kappa shape index (κ3) is 3.03. The molecular formula is C14H19F3N2. The van der Waals surface area contributed by atoms with Crippen molar-refractivity contribution < 1.29 is 13.2 Å². The summed E-state index contributed by atoms with van der Waals surface area (Å²) < 4.78 is 38.0. The van der Waals surface area contributed by atoms with Gasteiger partial charge in [0.15, 0.2) is 0 Å². The van der Waals surface area contributed by atoms with E-state index in [1.54, 1.807) is 0 Å². The second-order valence-corrected chi connectivity index (χ2v) is 5.23. The SMILES string of the molecule is CC(C1CC1)N(C)c1ccc(C(F)(F)F)cc1CN. The number of nitrogens with zero attached hydrogens (tertiary/aromatic N) is 1. The minimum atomic E-state index is -4.32. The van der Waals surface area contributed by atoms with Crippen LogP contribution in [-0.4, -0.2) is 13.1 Å². The van der Waals surface area contributed by atoms with Gasteiger partial charge in [-0.2, -0.15) is 13.2 Å². The zero-order chi connectivity index (χ0) is 14.2. The molecule has 0 aromatic heterocycles. The minimum Gasteiger partial charge on any atom is -0.371 e. The minimum absolute atomic E-state index is 0.112. The fourth-order valence-electron chi connectivity index (χ4n) is 2.38. The van der Waals surface area contributed by atoms with Gasteiger partial charge in [-0.15, -0.1) is 0 Å². The zero-order valence-corrected chi connectivity index (χ0v) is 11.2. The van der Waals surface area contributed by atoms with E-state index in [0.29, 0.717) is 17.5 Å². The molecule has 1 aliphatic carbocycles. The van der Waals surface area contributed by atoms with Gasteiger partial charge in [0.1, 0.15) is 0 Å². The van der Waals surface area contributed by atoms with Gasteiger partial charge in [-0.3, -0.25) is 0 Å². The molecule has 2 N–H and O–H groups in total. The number of nitrogens with two attached hydrogens (primary N) is 1. The smallest absolute Gasteiger partial charge is 0.371 e. The zero-order valence-electron chi connectivity index (χ0n) is 11.2. The van der Waals surface area contributed by atoms with Crippen molar-refractivity contribution in [1.82, 2.24) is 0 Å². The first-order valence-corrected chi connectivity index (χ1v) is 6.47. The van der Waals surface area contributed by atoms with E-state index in [1.807, 2.05) is 11.9 Å². The van der Waals surface area contributed by atoms with E-state index in [4.69, 9.17) is 5.73 Å². The molecule has 0 bridgehead atoms. The summed E-state index contributed by atoms with van der Waals surface area (Å²) in [5, 5.41) is 0. The molecule has 5 heteroatoms. The number of anilines is 1. The van der Waals surface area contributed by atoms with Crippen LogP contribution in [0.5, 0.6) is 0 Å². The Morgan fingerprint density at radius 2 is 2.00 bits per heavy atom. The maximum absolute atomic E-state index is 12.7. The molecule has 19 heavy (non-hydrogen) atoms. The lowest BCUT2D eigenvalue weighted by molar-refractivity contribution is -0.137. The molecule has 1 aromatic rings. The molecule has 0 radical (unpaired) electrons. The van der Waals surface area contributed by atoms with Crippen molar-refractivity contribution in [1.29, 1.82) is 0 Å². The van der Waals surface area contributed by atoms with Gasteiger partial charge in [-0.1, -0.05) is 0 Å². The number of alkyl halides is 3. The van der Waals surface area contributed by atoms with Crippen LogP contribution in [0.1, 0.15) is 30.9 Å². The second kappa shape index (κ2) is 5.04. The van der Waals surface area contributed by atoms with Gasteiger partial charge in [-0.25, -0.2) is 0 Å². The number of rotatable bonds is 4. The summed E-state index contributed by atoms with van der Waals surface area (Å²) in [4.78, 5) is 2.04. The van der Waals surface area contributed by atoms with Crippen LogP contribution < -0.4 is 10.6 Å². The number of halogens is 3. The van der Waals surface area contributed by atoms with Crippen molar-refractivity contribution in [2.45, 2.75) is 38.5 Å². The highest BCUT2D eigenvalue weighted by Gasteiger charge is 2.33. The summed E-state index contributed by atoms with van der Waals surface area (Å²) in [5.74, 6) is 0.651. The molecule has 0 heterocycles. The first-order valence-electron chi connectivity index (χ1n) is 6.47. The second-order valence-electron chi connectivity index (χ2n) is 5.23. The monoisotopic (exact) mass is 272 g/mol. The summed E-state index contributed by atoms with van der Waals surface area (Å²) in [6.07, 6.45) is -1.92. The third-order valence-electron chi connectivity index (χ3n) is 3.92. The molecule has 1 aliphatic rings. The Balaban J connectivity index is 2.29. The normalized spacial score (nSPS) is 17.4. The summed E-state index contributed by atoms with van der Waals surface area (Å²) in [7, 11) is 1.92. The van der Waals surface area contributed by atoms with E-state index in [1.165, 1.54) is 18.9 Å². The molecule has 2 nitrogen and oxygen atoms in total. The van der Waals surface area contributed by atoms with E-state index in [0.717, 1.165) is 17.8 Å². The lowest BCUT2D eigenvalue weighted by Gasteiger charge is -2.29. The molecule has 1 atom stereocenters. The van der Waals surface area contributed by atoms with Crippen LogP contribution in [0.2, 0.25) is 0 Å². The molecular weight excluding hydrogens is 253 g/mol. The van der Waals surface area contributed by atoms with E-state index in [9.17, 15) is 13.2 Å². The predicted molar refractivity (Wildman–Crippen MR) is 69.9 cm³/mol. The number of hydrogen-bond donors (Lipinski definition) is 1. The Hall–Kier alpha value is -1.23. The highest BCUT2D eigenvalue weighted by molar-refractivity contribution is 5.55. The van der Waals surface area contributed by atoms with E-state index in [2.05, 4.69) is 6.92 Å². The van der Waals surface area contributed by atoms with Crippen molar-refractivity contribution in [2.75, 3.05) is 11.9 Å². The molecule has 0 aliphatic heterocycles. The Labute approximate surface area is 111 Å². The molecule has 1 aromatic carbocycles. The van der Waals surface area contributed by atoms with Crippen LogP contribution in [0.15, 0.2) is 18.2 Å². The molecule has 0 saturated heterocycles. The van der Waals surface area contributed by atoms with Crippen molar-refractivity contribution in [3.05, 3.63) is 29.3 Å². The van der Waals surface area contributed by atoms with Crippen molar-refractivity contribution >= 4 is 5.69 Å². The molecule has 1 saturated carbocycles. The lowest BCUT2D eigenvalue weighted by atomic mass is 10.1. The van der Waals surface area contributed by atoms with Gasteiger partial charge in [-0.05, 0) is 49.4 Å². The van der Waals surface area contributed by atoms with Gasteiger partial charge >= 0.3 is 6.18 Å². The molecule has 1 fully saturated rings. The largest absolute Gasteiger partial charge is 0.416 e. The quantitative estimate of drug-likeness (QED) is 0.910. The lowest BCUT2D eigenvalue weighted by Crippen LogP contribution is -2.31. The summed E-state index contributed by atoms with van der Waals surface area (Å²) in [5.41, 5.74) is 6.31. The highest BCUT2D eigenvalue weighted by Crippen LogP contribution is 2.38. The van der Waals surface area contributed by atoms with E-state index in [-0.39, 0.29) is 6.54 Å². The van der Waals surface area contributed by atoms with Crippen LogP contribution in [-0.2, 0) is 12.7 Å². The Morgan fingerprint density at radius 3 is 2.47 bits per heavy atom. The van der Waals surface area contributed by atoms with Crippen LogP contribution in [0.4, 0.5) is 18.9 Å². The summed E-state index contributed by atoms with van der Waals surface area (Å²) >= 11 is 0. The maximum atomic E-state index is 12.7. The molecule has 0 spiro atoms. The summed E-state index contributed by atoms with van der Waals surface area (Å²) in [6.45, 7) is 2.22. The number of hydrogen-bond acceptors (Lipinski definition) is 2. The summed E-state index contributed by atoms with van der Waals surface area (Å²) in [6, 6.07) is 4.15. The molecule has 106 valence electrons. The maximum Gasteiger partial charge on any atom is 0.416 e. The van der Waals surface area contributed by atoms with Gasteiger partial charge in [0.25, 0.3) is 0 Å². The standard InChI is InChI=1S/C14H19F3N2/c1-9(10-3-4-10)19(2)13-6-5-12(14(15,16)17)7-11(13)8-18/h5-7,9-10H,3-4,8,18H2,1-2H3. The molecule has 1 unspecified atom stereocenters. The highest BCUT2D eigenvalue weighted by atomic mass is 19.4. The first-order chi connectivity index (χ1) is 8.84. The first kappa shape index (κ1) is 14.2. The van der Waals surface area contributed by atoms with Crippen LogP contribution in [0.3, 0.4) is 0 Å². The van der Waals surface area contributed by atoms with Crippen molar-refractivity contribution in [3.63, 3.8) is 0 Å². The van der Waals surface area contributed by atoms with Crippen LogP contribution in [0.25, 0.3) is 0 Å². The Bertz CT molecular complexity index is 452. The van der Waals surface area contributed by atoms with E-state index >= 15 is 0 Å². The van der Waals surface area contributed by atoms with Crippen LogP contribution >= 0.6 is 0 Å². The molecule has 0 amide bonds. The van der Waals surface area contributed by atoms with Gasteiger partial charge in [0.2, 0.25) is 0 Å². The average molecular weight is 272 g/mol. The molecule has 2 rings (SSSR count). The van der Waals surface area contributed by atoms with Crippen LogP contribution in [0, 0.1) is 5.92 Å². The average Bonchev–Trinajstić information content (AvgIpc) is 3.19. The van der Waals surface area contributed by atoms with Gasteiger partial charge in [0, 0.05) is 25.3 Å². The van der Waals surface area contributed by atoms with E-state index < -0.39 is 11.7 Å². The Morgan fingerprint density at radius 1 is 1.37 bits per heavy atom. The fraction of sp³-hybridized carbons (Fsp3) is 0.571. The Kier molecular flexibility index (Phi) is 3.76. The number of benzene rings is 1. The van der Waals surface area contributed by atoms with Gasteiger partial charge in [0.05, 0.1) is 5.56 Å². The van der Waals surface area contributed by atoms with Crippen molar-refractivity contribution in [2.24, 2.45) is 11.7 Å². The third-order valence-corrected chi connectivity index (χ3v) is 3.92. The predicted octanol–water partition coefficient (Wildman–Crippen LogP) is 3.40. The van der Waals surface area contributed by atoms with Gasteiger partial charge < -0.3 is 10.6 Å². The van der Waals surface area contributed by atoms with Crippen molar-refractivity contribution in [3.8, 4) is 0 Å². The fourth-order valence-corrected chi connectivity index (χ4v) is 2.38. The topological polar surface area (TPSA) is 29.3 Å².